The van der Waals surface area contributed by atoms with Gasteiger partial charge in [-0.25, -0.2) is 0 Å². The molecule has 0 bridgehead atoms. The number of aromatic nitrogens is 2. The van der Waals surface area contributed by atoms with Crippen molar-refractivity contribution in [3.63, 3.8) is 0 Å². The van der Waals surface area contributed by atoms with Gasteiger partial charge in [-0.1, -0.05) is 0 Å². The van der Waals surface area contributed by atoms with Crippen LogP contribution < -0.4 is 5.32 Å². The molecule has 1 aromatic heterocycles. The van der Waals surface area contributed by atoms with Crippen LogP contribution in [0.25, 0.3) is 0 Å². The molecule has 0 radical (unpaired) electrons. The van der Waals surface area contributed by atoms with Crippen LogP contribution in [0.3, 0.4) is 0 Å². The second-order valence-corrected chi connectivity index (χ2v) is 4.50. The van der Waals surface area contributed by atoms with Crippen LogP contribution in [0.4, 0.5) is 0 Å². The molecule has 2 unspecified atom stereocenters. The van der Waals surface area contributed by atoms with E-state index in [1.165, 1.54) is 0 Å². The van der Waals surface area contributed by atoms with Crippen molar-refractivity contribution in [2.24, 2.45) is 0 Å². The minimum absolute atomic E-state index is 0.603. The molecule has 1 saturated heterocycles. The van der Waals surface area contributed by atoms with E-state index in [1.807, 2.05) is 23.1 Å². The number of nitrogens with one attached hydrogen (secondary N) is 1. The molecule has 1 aromatic rings. The summed E-state index contributed by atoms with van der Waals surface area (Å²) >= 11 is 0. The van der Waals surface area contributed by atoms with Crippen LogP contribution in [0.15, 0.2) is 18.5 Å². The first-order valence-corrected chi connectivity index (χ1v) is 5.70. The van der Waals surface area contributed by atoms with Gasteiger partial charge in [0.05, 0.1) is 6.54 Å². The third-order valence-corrected chi connectivity index (χ3v) is 2.84. The summed E-state index contributed by atoms with van der Waals surface area (Å²) in [4.78, 5) is 2.51. The van der Waals surface area contributed by atoms with Crippen LogP contribution in [0, 0.1) is 0 Å². The molecule has 84 valence electrons. The van der Waals surface area contributed by atoms with Gasteiger partial charge in [0.15, 0.2) is 0 Å². The van der Waals surface area contributed by atoms with Crippen LogP contribution in [-0.2, 0) is 6.54 Å². The smallest absolute Gasteiger partial charge is 0.0536 e. The highest BCUT2D eigenvalue weighted by molar-refractivity contribution is 4.82. The predicted molar refractivity (Wildman–Crippen MR) is 60.7 cm³/mol. The maximum Gasteiger partial charge on any atom is 0.0536 e. The molecule has 1 aliphatic heterocycles. The first-order chi connectivity index (χ1) is 7.24. The molecule has 1 aliphatic rings. The molecule has 15 heavy (non-hydrogen) atoms. The van der Waals surface area contributed by atoms with Gasteiger partial charge >= 0.3 is 0 Å². The van der Waals surface area contributed by atoms with Gasteiger partial charge in [0, 0.05) is 44.1 Å². The Morgan fingerprint density at radius 3 is 2.60 bits per heavy atom. The van der Waals surface area contributed by atoms with Gasteiger partial charge in [0.1, 0.15) is 0 Å². The Hall–Kier alpha value is -0.870. The first-order valence-electron chi connectivity index (χ1n) is 5.70. The molecule has 4 nitrogen and oxygen atoms in total. The maximum absolute atomic E-state index is 4.21. The Labute approximate surface area is 91.3 Å². The fraction of sp³-hybridized carbons (Fsp3) is 0.727. The lowest BCUT2D eigenvalue weighted by Crippen LogP contribution is -2.54. The third-order valence-electron chi connectivity index (χ3n) is 2.84. The van der Waals surface area contributed by atoms with Crippen molar-refractivity contribution >= 4 is 0 Å². The summed E-state index contributed by atoms with van der Waals surface area (Å²) in [6.07, 6.45) is 3.86. The Morgan fingerprint density at radius 1 is 1.27 bits per heavy atom. The molecule has 0 aliphatic carbocycles. The second kappa shape index (κ2) is 4.77. The second-order valence-electron chi connectivity index (χ2n) is 4.50. The summed E-state index contributed by atoms with van der Waals surface area (Å²) in [5, 5.41) is 7.75. The summed E-state index contributed by atoms with van der Waals surface area (Å²) in [6, 6.07) is 3.18. The molecule has 0 saturated carbocycles. The Kier molecular flexibility index (Phi) is 3.38. The number of nitrogens with zero attached hydrogens (tertiary/aromatic N) is 3. The highest BCUT2D eigenvalue weighted by Gasteiger charge is 2.20. The maximum atomic E-state index is 4.21. The van der Waals surface area contributed by atoms with Gasteiger partial charge in [-0.05, 0) is 19.9 Å². The van der Waals surface area contributed by atoms with Crippen LogP contribution >= 0.6 is 0 Å². The van der Waals surface area contributed by atoms with E-state index in [1.54, 1.807) is 0 Å². The van der Waals surface area contributed by atoms with Crippen LogP contribution in [0.5, 0.6) is 0 Å². The molecule has 1 fully saturated rings. The van der Waals surface area contributed by atoms with E-state index in [4.69, 9.17) is 0 Å². The SMILES string of the molecule is CC1CN(CCn2cccn2)CC(C)N1. The van der Waals surface area contributed by atoms with E-state index >= 15 is 0 Å². The summed E-state index contributed by atoms with van der Waals surface area (Å²) < 4.78 is 2.00. The monoisotopic (exact) mass is 208 g/mol. The third kappa shape index (κ3) is 3.04. The van der Waals surface area contributed by atoms with E-state index in [0.717, 1.165) is 26.2 Å². The summed E-state index contributed by atoms with van der Waals surface area (Å²) in [5.74, 6) is 0. The van der Waals surface area contributed by atoms with E-state index < -0.39 is 0 Å². The number of hydrogen-bond acceptors (Lipinski definition) is 3. The highest BCUT2D eigenvalue weighted by atomic mass is 15.3. The quantitative estimate of drug-likeness (QED) is 0.788. The number of piperazine rings is 1. The average Bonchev–Trinajstić information content (AvgIpc) is 2.65. The normalized spacial score (nSPS) is 28.1. The van der Waals surface area contributed by atoms with Gasteiger partial charge < -0.3 is 5.32 Å². The van der Waals surface area contributed by atoms with Crippen molar-refractivity contribution < 1.29 is 0 Å². The molecule has 0 amide bonds. The minimum Gasteiger partial charge on any atom is -0.309 e. The Morgan fingerprint density at radius 2 is 2.00 bits per heavy atom. The van der Waals surface area contributed by atoms with E-state index in [-0.39, 0.29) is 0 Å². The fourth-order valence-corrected chi connectivity index (χ4v) is 2.30. The lowest BCUT2D eigenvalue weighted by Gasteiger charge is -2.36. The molecule has 0 spiro atoms. The summed E-state index contributed by atoms with van der Waals surface area (Å²) in [5.41, 5.74) is 0. The van der Waals surface area contributed by atoms with Crippen molar-refractivity contribution in [1.82, 2.24) is 20.0 Å². The molecule has 4 heteroatoms. The summed E-state index contributed by atoms with van der Waals surface area (Å²) in [7, 11) is 0. The highest BCUT2D eigenvalue weighted by Crippen LogP contribution is 2.03. The van der Waals surface area contributed by atoms with Crippen molar-refractivity contribution in [1.29, 1.82) is 0 Å². The Balaban J connectivity index is 1.79. The van der Waals surface area contributed by atoms with Gasteiger partial charge in [-0.15, -0.1) is 0 Å². The molecule has 0 aromatic carbocycles. The van der Waals surface area contributed by atoms with Crippen molar-refractivity contribution in [3.05, 3.63) is 18.5 Å². The van der Waals surface area contributed by atoms with Crippen molar-refractivity contribution in [3.8, 4) is 0 Å². The number of rotatable bonds is 3. The van der Waals surface area contributed by atoms with Crippen LogP contribution in [0.1, 0.15) is 13.8 Å². The Bertz CT molecular complexity index is 273. The fourth-order valence-electron chi connectivity index (χ4n) is 2.30. The minimum atomic E-state index is 0.603. The zero-order valence-electron chi connectivity index (χ0n) is 9.56. The van der Waals surface area contributed by atoms with Gasteiger partial charge in [-0.3, -0.25) is 9.58 Å². The van der Waals surface area contributed by atoms with Crippen molar-refractivity contribution in [2.75, 3.05) is 19.6 Å². The average molecular weight is 208 g/mol. The summed E-state index contributed by atoms with van der Waals surface area (Å²) in [6.45, 7) is 8.87. The molecule has 1 N–H and O–H groups in total. The van der Waals surface area contributed by atoms with E-state index in [0.29, 0.717) is 12.1 Å². The lowest BCUT2D eigenvalue weighted by molar-refractivity contribution is 0.166. The van der Waals surface area contributed by atoms with Gasteiger partial charge in [0.25, 0.3) is 0 Å². The van der Waals surface area contributed by atoms with Crippen LogP contribution in [-0.4, -0.2) is 46.4 Å². The first kappa shape index (κ1) is 10.6. The topological polar surface area (TPSA) is 33.1 Å². The lowest BCUT2D eigenvalue weighted by atomic mass is 10.1. The van der Waals surface area contributed by atoms with Gasteiger partial charge in [-0.2, -0.15) is 5.10 Å². The number of hydrogen-bond donors (Lipinski definition) is 1. The largest absolute Gasteiger partial charge is 0.309 e. The standard InChI is InChI=1S/C11H20N4/c1-10-8-14(9-11(2)13-10)6-7-15-5-3-4-12-15/h3-5,10-11,13H,6-9H2,1-2H3. The molecule has 2 rings (SSSR count). The zero-order chi connectivity index (χ0) is 10.7. The predicted octanol–water partition coefficient (Wildman–Crippen LogP) is 0.565. The molecule has 2 atom stereocenters. The van der Waals surface area contributed by atoms with Crippen molar-refractivity contribution in [2.45, 2.75) is 32.5 Å². The van der Waals surface area contributed by atoms with Gasteiger partial charge in [0.2, 0.25) is 0 Å². The molecular weight excluding hydrogens is 188 g/mol. The molecular formula is C11H20N4. The zero-order valence-corrected chi connectivity index (χ0v) is 9.56. The van der Waals surface area contributed by atoms with Crippen LogP contribution in [0.2, 0.25) is 0 Å². The van der Waals surface area contributed by atoms with E-state index in [9.17, 15) is 0 Å². The molecule has 2 heterocycles. The van der Waals surface area contributed by atoms with E-state index in [2.05, 4.69) is 29.2 Å².